The zero-order chi connectivity index (χ0) is 20.0. The fraction of sp³-hybridized carbons (Fsp3) is 1.00. The molecule has 0 aromatic rings. The van der Waals surface area contributed by atoms with Gasteiger partial charge < -0.3 is 5.48 Å². The molecular formula is C8H2F16O. The fourth-order valence-electron chi connectivity index (χ4n) is 1.45. The van der Waals surface area contributed by atoms with Gasteiger partial charge in [0.2, 0.25) is 0 Å². The lowest BCUT2D eigenvalue weighted by molar-refractivity contribution is -0.506. The lowest BCUT2D eigenvalue weighted by atomic mass is 9.80. The van der Waals surface area contributed by atoms with E-state index in [1.807, 2.05) is 0 Å². The molecular weight excluding hydrogens is 416 g/mol. The van der Waals surface area contributed by atoms with Crippen molar-refractivity contribution in [1.82, 2.24) is 0 Å². The molecule has 2 fully saturated rings. The third kappa shape index (κ3) is 1.98. The lowest BCUT2D eigenvalue weighted by Gasteiger charge is -2.49. The van der Waals surface area contributed by atoms with E-state index in [0.29, 0.717) is 0 Å². The van der Waals surface area contributed by atoms with Crippen LogP contribution >= 0.6 is 0 Å². The van der Waals surface area contributed by atoms with Crippen LogP contribution in [0.3, 0.4) is 0 Å². The number of hydrogen-bond donors (Lipinski definition) is 0. The molecule has 0 amide bonds. The summed E-state index contributed by atoms with van der Waals surface area (Å²) < 4.78 is 186. The van der Waals surface area contributed by atoms with Gasteiger partial charge in [0.1, 0.15) is 0 Å². The maximum Gasteiger partial charge on any atom is 0.385 e. The van der Waals surface area contributed by atoms with Gasteiger partial charge in [-0.15, -0.1) is 0 Å². The van der Waals surface area contributed by atoms with Crippen molar-refractivity contribution in [1.29, 1.82) is 0 Å². The van der Waals surface area contributed by atoms with Crippen LogP contribution in [0.25, 0.3) is 0 Å². The van der Waals surface area contributed by atoms with E-state index < -0.39 is 47.4 Å². The van der Waals surface area contributed by atoms with E-state index in [-0.39, 0.29) is 5.48 Å². The molecule has 0 bridgehead atoms. The van der Waals surface area contributed by atoms with E-state index in [9.17, 15) is 70.2 Å². The Morgan fingerprint density at radius 2 is 0.240 bits per heavy atom. The van der Waals surface area contributed by atoms with Crippen LogP contribution in [-0.4, -0.2) is 52.9 Å². The highest BCUT2D eigenvalue weighted by atomic mass is 19.4. The van der Waals surface area contributed by atoms with Gasteiger partial charge in [-0.2, -0.15) is 70.2 Å². The Morgan fingerprint density at radius 1 is 0.200 bits per heavy atom. The zero-order valence-electron chi connectivity index (χ0n) is 10.5. The first-order valence-electron chi connectivity index (χ1n) is 5.02. The number of halogens is 16. The monoisotopic (exact) mass is 418 g/mol. The second kappa shape index (κ2) is 4.97. The van der Waals surface area contributed by atoms with Crippen LogP contribution in [0.4, 0.5) is 70.2 Å². The van der Waals surface area contributed by atoms with Gasteiger partial charge in [-0.05, 0) is 0 Å². The summed E-state index contributed by atoms with van der Waals surface area (Å²) in [5.41, 5.74) is 0. The third-order valence-corrected chi connectivity index (χ3v) is 3.15. The van der Waals surface area contributed by atoms with Crippen molar-refractivity contribution in [3.63, 3.8) is 0 Å². The quantitative estimate of drug-likeness (QED) is 0.527. The van der Waals surface area contributed by atoms with Gasteiger partial charge in [0.15, 0.2) is 0 Å². The molecule has 1 nitrogen and oxygen atoms in total. The summed E-state index contributed by atoms with van der Waals surface area (Å²) in [7, 11) is 0. The van der Waals surface area contributed by atoms with Crippen molar-refractivity contribution in [2.24, 2.45) is 0 Å². The van der Waals surface area contributed by atoms with Crippen LogP contribution in [0.1, 0.15) is 0 Å². The van der Waals surface area contributed by atoms with Gasteiger partial charge >= 0.3 is 47.4 Å². The molecule has 0 atom stereocenters. The second-order valence-electron chi connectivity index (χ2n) is 4.60. The molecule has 0 unspecified atom stereocenters. The summed E-state index contributed by atoms with van der Waals surface area (Å²) in [4.78, 5) is 0. The summed E-state index contributed by atoms with van der Waals surface area (Å²) in [6.07, 6.45) is 0. The molecule has 17 heteroatoms. The van der Waals surface area contributed by atoms with Crippen molar-refractivity contribution in [3.05, 3.63) is 0 Å². The molecule has 2 aliphatic rings. The van der Waals surface area contributed by atoms with Crippen molar-refractivity contribution in [2.45, 2.75) is 47.4 Å². The SMILES string of the molecule is FC1(F)C(F)(F)C(F)(F)C1(F)F.FC1(F)C(F)(F)C(F)(F)C1(F)F.O. The molecule has 2 rings (SSSR count). The molecule has 0 aliphatic heterocycles. The smallest absolute Gasteiger partial charge is 0.385 e. The van der Waals surface area contributed by atoms with Crippen LogP contribution < -0.4 is 0 Å². The molecule has 0 aromatic carbocycles. The first-order chi connectivity index (χ1) is 10.0. The lowest BCUT2D eigenvalue weighted by Crippen LogP contribution is -2.82. The van der Waals surface area contributed by atoms with Gasteiger partial charge in [0.05, 0.1) is 0 Å². The second-order valence-corrected chi connectivity index (χ2v) is 4.60. The highest BCUT2D eigenvalue weighted by Crippen LogP contribution is 2.70. The number of alkyl halides is 16. The summed E-state index contributed by atoms with van der Waals surface area (Å²) in [5, 5.41) is 0. The van der Waals surface area contributed by atoms with Crippen molar-refractivity contribution in [3.8, 4) is 0 Å². The van der Waals surface area contributed by atoms with E-state index in [2.05, 4.69) is 0 Å². The minimum absolute atomic E-state index is 0. The minimum Gasteiger partial charge on any atom is -0.412 e. The Labute approximate surface area is 124 Å². The van der Waals surface area contributed by atoms with E-state index in [1.165, 1.54) is 0 Å². The van der Waals surface area contributed by atoms with Gasteiger partial charge in [-0.25, -0.2) is 0 Å². The van der Waals surface area contributed by atoms with Crippen LogP contribution in [0.15, 0.2) is 0 Å². The number of hydrogen-bond acceptors (Lipinski definition) is 0. The zero-order valence-corrected chi connectivity index (χ0v) is 10.5. The first-order valence-corrected chi connectivity index (χ1v) is 5.02. The average Bonchev–Trinajstić information content (AvgIpc) is 2.36. The summed E-state index contributed by atoms with van der Waals surface area (Å²) in [6, 6.07) is 0. The Kier molecular flexibility index (Phi) is 4.74. The molecule has 0 saturated heterocycles. The van der Waals surface area contributed by atoms with Gasteiger partial charge in [-0.1, -0.05) is 0 Å². The fourth-order valence-corrected chi connectivity index (χ4v) is 1.45. The highest BCUT2D eigenvalue weighted by molar-refractivity contribution is 5.23. The molecule has 0 aromatic heterocycles. The Bertz CT molecular complexity index is 356. The van der Waals surface area contributed by atoms with Crippen LogP contribution in [0, 0.1) is 0 Å². The number of rotatable bonds is 0. The maximum atomic E-state index is 11.6. The standard InChI is InChI=1S/2C4F8.H2O/c2*5-1(6)2(7,8)4(11,12)3(1,9)10;/h;;1H2. The minimum atomic E-state index is -5.97. The van der Waals surface area contributed by atoms with Crippen molar-refractivity contribution in [2.75, 3.05) is 0 Å². The average molecular weight is 418 g/mol. The molecule has 0 spiro atoms. The normalized spacial score (nSPS) is 32.6. The van der Waals surface area contributed by atoms with E-state index >= 15 is 0 Å². The third-order valence-electron chi connectivity index (χ3n) is 3.15. The van der Waals surface area contributed by atoms with Crippen LogP contribution in [0.5, 0.6) is 0 Å². The molecule has 2 saturated carbocycles. The summed E-state index contributed by atoms with van der Waals surface area (Å²) in [5.74, 6) is -47.8. The summed E-state index contributed by atoms with van der Waals surface area (Å²) >= 11 is 0. The van der Waals surface area contributed by atoms with Gasteiger partial charge in [-0.3, -0.25) is 0 Å². The van der Waals surface area contributed by atoms with Crippen LogP contribution in [0.2, 0.25) is 0 Å². The first kappa shape index (κ1) is 23.8. The predicted molar refractivity (Wildman–Crippen MR) is 43.2 cm³/mol. The maximum absolute atomic E-state index is 11.6. The Morgan fingerprint density at radius 3 is 0.280 bits per heavy atom. The van der Waals surface area contributed by atoms with Gasteiger partial charge in [0, 0.05) is 0 Å². The van der Waals surface area contributed by atoms with E-state index in [1.54, 1.807) is 0 Å². The molecule has 152 valence electrons. The topological polar surface area (TPSA) is 31.5 Å². The largest absolute Gasteiger partial charge is 0.412 e. The molecule has 2 N–H and O–H groups in total. The molecule has 0 heterocycles. The molecule has 0 radical (unpaired) electrons. The Balaban J connectivity index is 0.000000443. The van der Waals surface area contributed by atoms with E-state index in [4.69, 9.17) is 0 Å². The molecule has 2 aliphatic carbocycles. The Hall–Kier alpha value is -1.16. The highest BCUT2D eigenvalue weighted by Gasteiger charge is 3.02. The van der Waals surface area contributed by atoms with Gasteiger partial charge in [0.25, 0.3) is 0 Å². The molecule has 25 heavy (non-hydrogen) atoms. The van der Waals surface area contributed by atoms with E-state index in [0.717, 1.165) is 0 Å². The predicted octanol–water partition coefficient (Wildman–Crippen LogP) is 4.26. The van der Waals surface area contributed by atoms with Crippen molar-refractivity contribution < 1.29 is 75.7 Å². The van der Waals surface area contributed by atoms with Crippen LogP contribution in [-0.2, 0) is 0 Å². The summed E-state index contributed by atoms with van der Waals surface area (Å²) in [6.45, 7) is 0. The van der Waals surface area contributed by atoms with Crippen molar-refractivity contribution >= 4 is 0 Å².